The molecule has 29 heavy (non-hydrogen) atoms. The lowest BCUT2D eigenvalue weighted by Crippen LogP contribution is -2.43. The molecule has 1 aromatic heterocycles. The molecular formula is C22H20N4O3. The lowest BCUT2D eigenvalue weighted by Gasteiger charge is -2.32. The van der Waals surface area contributed by atoms with Crippen molar-refractivity contribution in [3.63, 3.8) is 0 Å². The molecule has 0 fully saturated rings. The molecule has 1 aliphatic heterocycles. The molecule has 7 nitrogen and oxygen atoms in total. The van der Waals surface area contributed by atoms with Crippen LogP contribution in [0.25, 0.3) is 17.0 Å². The van der Waals surface area contributed by atoms with Gasteiger partial charge in [0.05, 0.1) is 18.0 Å². The second-order valence-electron chi connectivity index (χ2n) is 6.84. The van der Waals surface area contributed by atoms with Gasteiger partial charge in [-0.2, -0.15) is 0 Å². The predicted octanol–water partition coefficient (Wildman–Crippen LogP) is 2.89. The van der Waals surface area contributed by atoms with Gasteiger partial charge < -0.3 is 9.88 Å². The number of carbonyl (C=O) groups is 3. The van der Waals surface area contributed by atoms with Crippen LogP contribution >= 0.6 is 0 Å². The molecule has 0 saturated heterocycles. The molecule has 1 atom stereocenters. The lowest BCUT2D eigenvalue weighted by atomic mass is 9.93. The molecular weight excluding hydrogens is 368 g/mol. The number of hydrogen-bond acceptors (Lipinski definition) is 3. The first-order valence-electron chi connectivity index (χ1n) is 9.26. The standard InChI is InChI=1S/C22H20N4O3/c1-14(27)26-11-10-15-6-2-3-7-16(15)20(26)12-21(28)24-25-22(29)18-13-23-19-9-5-4-8-17(18)19/h2-11,13,20,23H,12H2,1H3,(H,24,28)(H,25,29). The Hall–Kier alpha value is -3.87. The third-order valence-electron chi connectivity index (χ3n) is 5.00. The van der Waals surface area contributed by atoms with Crippen molar-refractivity contribution in [2.45, 2.75) is 19.4 Å². The van der Waals surface area contributed by atoms with Gasteiger partial charge in [0, 0.05) is 30.2 Å². The minimum Gasteiger partial charge on any atom is -0.360 e. The molecule has 1 aliphatic rings. The first-order valence-corrected chi connectivity index (χ1v) is 9.26. The van der Waals surface area contributed by atoms with E-state index in [4.69, 9.17) is 0 Å². The Morgan fingerprint density at radius 3 is 2.62 bits per heavy atom. The van der Waals surface area contributed by atoms with Gasteiger partial charge in [0.1, 0.15) is 0 Å². The SMILES string of the molecule is CC(=O)N1C=Cc2ccccc2C1CC(=O)NNC(=O)c1c[nH]c2ccccc12. The summed E-state index contributed by atoms with van der Waals surface area (Å²) in [5.41, 5.74) is 8.05. The predicted molar refractivity (Wildman–Crippen MR) is 109 cm³/mol. The highest BCUT2D eigenvalue weighted by Gasteiger charge is 2.28. The Kier molecular flexibility index (Phi) is 4.87. The summed E-state index contributed by atoms with van der Waals surface area (Å²) >= 11 is 0. The minimum atomic E-state index is -0.432. The van der Waals surface area contributed by atoms with Crippen LogP contribution in [0, 0.1) is 0 Å². The van der Waals surface area contributed by atoms with E-state index in [1.54, 1.807) is 12.4 Å². The van der Waals surface area contributed by atoms with Crippen molar-refractivity contribution < 1.29 is 14.4 Å². The summed E-state index contributed by atoms with van der Waals surface area (Å²) in [6.07, 6.45) is 5.16. The highest BCUT2D eigenvalue weighted by Crippen LogP contribution is 2.32. The van der Waals surface area contributed by atoms with Gasteiger partial charge in [0.2, 0.25) is 11.8 Å². The Balaban J connectivity index is 1.45. The molecule has 1 unspecified atom stereocenters. The van der Waals surface area contributed by atoms with Gasteiger partial charge >= 0.3 is 0 Å². The minimum absolute atomic E-state index is 0.0229. The summed E-state index contributed by atoms with van der Waals surface area (Å²) in [4.78, 5) is 41.6. The molecule has 146 valence electrons. The van der Waals surface area contributed by atoms with E-state index < -0.39 is 11.9 Å². The van der Waals surface area contributed by atoms with Gasteiger partial charge in [-0.1, -0.05) is 42.5 Å². The number of hydrazine groups is 1. The summed E-state index contributed by atoms with van der Waals surface area (Å²) in [5, 5.41) is 0.772. The number of benzene rings is 2. The topological polar surface area (TPSA) is 94.3 Å². The van der Waals surface area contributed by atoms with Gasteiger partial charge in [-0.05, 0) is 23.3 Å². The van der Waals surface area contributed by atoms with Gasteiger partial charge in [0.15, 0.2) is 0 Å². The summed E-state index contributed by atoms with van der Waals surface area (Å²) in [5.74, 6) is -0.959. The van der Waals surface area contributed by atoms with Gasteiger partial charge in [-0.15, -0.1) is 0 Å². The number of fused-ring (bicyclic) bond motifs is 2. The molecule has 4 rings (SSSR count). The van der Waals surface area contributed by atoms with Crippen LogP contribution in [0.2, 0.25) is 0 Å². The van der Waals surface area contributed by atoms with Crippen molar-refractivity contribution in [2.75, 3.05) is 0 Å². The second kappa shape index (κ2) is 7.63. The van der Waals surface area contributed by atoms with E-state index in [9.17, 15) is 14.4 Å². The molecule has 0 bridgehead atoms. The van der Waals surface area contributed by atoms with Crippen LogP contribution in [0.15, 0.2) is 60.9 Å². The lowest BCUT2D eigenvalue weighted by molar-refractivity contribution is -0.130. The molecule has 3 amide bonds. The molecule has 0 radical (unpaired) electrons. The molecule has 7 heteroatoms. The summed E-state index contributed by atoms with van der Waals surface area (Å²) in [7, 11) is 0. The fourth-order valence-corrected chi connectivity index (χ4v) is 3.59. The van der Waals surface area contributed by atoms with Crippen LogP contribution in [0.1, 0.15) is 40.9 Å². The molecule has 0 saturated carbocycles. The first-order chi connectivity index (χ1) is 14.0. The molecule has 2 heterocycles. The maximum atomic E-state index is 12.5. The van der Waals surface area contributed by atoms with Crippen LogP contribution < -0.4 is 10.9 Å². The van der Waals surface area contributed by atoms with E-state index in [1.165, 1.54) is 11.8 Å². The number of hydrogen-bond donors (Lipinski definition) is 3. The molecule has 3 N–H and O–H groups in total. The number of aromatic amines is 1. The molecule has 2 aromatic carbocycles. The Morgan fingerprint density at radius 1 is 1.03 bits per heavy atom. The van der Waals surface area contributed by atoms with E-state index in [0.29, 0.717) is 5.56 Å². The smallest absolute Gasteiger partial charge is 0.271 e. The van der Waals surface area contributed by atoms with Crippen LogP contribution in [0.3, 0.4) is 0 Å². The van der Waals surface area contributed by atoms with Gasteiger partial charge in [-0.3, -0.25) is 25.2 Å². The van der Waals surface area contributed by atoms with Gasteiger partial charge in [-0.25, -0.2) is 0 Å². The second-order valence-corrected chi connectivity index (χ2v) is 6.84. The van der Waals surface area contributed by atoms with Crippen molar-refractivity contribution in [3.05, 3.63) is 77.6 Å². The van der Waals surface area contributed by atoms with E-state index in [2.05, 4.69) is 15.8 Å². The third kappa shape index (κ3) is 3.62. The number of para-hydroxylation sites is 1. The van der Waals surface area contributed by atoms with Crippen LogP contribution in [0.4, 0.5) is 0 Å². The number of nitrogens with one attached hydrogen (secondary N) is 3. The highest BCUT2D eigenvalue weighted by atomic mass is 16.2. The number of carbonyl (C=O) groups excluding carboxylic acids is 3. The van der Waals surface area contributed by atoms with Crippen molar-refractivity contribution in [1.29, 1.82) is 0 Å². The average Bonchev–Trinajstić information content (AvgIpc) is 3.16. The quantitative estimate of drug-likeness (QED) is 0.602. The van der Waals surface area contributed by atoms with Crippen molar-refractivity contribution in [1.82, 2.24) is 20.7 Å². The van der Waals surface area contributed by atoms with Crippen molar-refractivity contribution in [2.24, 2.45) is 0 Å². The molecule has 3 aromatic rings. The van der Waals surface area contributed by atoms with Crippen molar-refractivity contribution >= 4 is 34.7 Å². The number of H-pyrrole nitrogens is 1. The van der Waals surface area contributed by atoms with Crippen molar-refractivity contribution in [3.8, 4) is 0 Å². The number of rotatable bonds is 3. The summed E-state index contributed by atoms with van der Waals surface area (Å²) in [6.45, 7) is 1.46. The van der Waals surface area contributed by atoms with E-state index in [0.717, 1.165) is 22.0 Å². The zero-order valence-electron chi connectivity index (χ0n) is 15.8. The molecule has 0 aliphatic carbocycles. The van der Waals surface area contributed by atoms with Crippen LogP contribution in [0.5, 0.6) is 0 Å². The number of aromatic nitrogens is 1. The van der Waals surface area contributed by atoms with E-state index in [1.807, 2.05) is 54.6 Å². The van der Waals surface area contributed by atoms with Gasteiger partial charge in [0.25, 0.3) is 5.91 Å². The average molecular weight is 388 g/mol. The maximum Gasteiger partial charge on any atom is 0.271 e. The summed E-state index contributed by atoms with van der Waals surface area (Å²) < 4.78 is 0. The number of amides is 3. The fraction of sp³-hybridized carbons (Fsp3) is 0.136. The van der Waals surface area contributed by atoms with E-state index in [-0.39, 0.29) is 18.2 Å². The fourth-order valence-electron chi connectivity index (χ4n) is 3.59. The Bertz CT molecular complexity index is 1130. The Morgan fingerprint density at radius 2 is 1.79 bits per heavy atom. The largest absolute Gasteiger partial charge is 0.360 e. The highest BCUT2D eigenvalue weighted by molar-refractivity contribution is 6.07. The summed E-state index contributed by atoms with van der Waals surface area (Å²) in [6, 6.07) is 14.6. The Labute approximate surface area is 167 Å². The van der Waals surface area contributed by atoms with Crippen LogP contribution in [-0.2, 0) is 9.59 Å². The molecule has 0 spiro atoms. The third-order valence-corrected chi connectivity index (χ3v) is 5.00. The first kappa shape index (κ1) is 18.5. The zero-order valence-corrected chi connectivity index (χ0v) is 15.8. The van der Waals surface area contributed by atoms with Crippen LogP contribution in [-0.4, -0.2) is 27.6 Å². The maximum absolute atomic E-state index is 12.5. The normalized spacial score (nSPS) is 15.1. The zero-order chi connectivity index (χ0) is 20.4. The van der Waals surface area contributed by atoms with E-state index >= 15 is 0 Å². The number of nitrogens with zero attached hydrogens (tertiary/aromatic N) is 1. The monoisotopic (exact) mass is 388 g/mol.